The third kappa shape index (κ3) is 4.98. The van der Waals surface area contributed by atoms with Gasteiger partial charge in [-0.05, 0) is 18.9 Å². The van der Waals surface area contributed by atoms with Gasteiger partial charge in [0.1, 0.15) is 6.04 Å². The first-order valence-corrected chi connectivity index (χ1v) is 6.09. The molecule has 96 valence electrons. The van der Waals surface area contributed by atoms with E-state index in [1.54, 1.807) is 0 Å². The number of hydrogen-bond donors (Lipinski definition) is 1. The van der Waals surface area contributed by atoms with Crippen molar-refractivity contribution in [1.82, 2.24) is 5.32 Å². The Bertz CT molecular complexity index is 398. The quantitative estimate of drug-likeness (QED) is 0.750. The molecule has 4 nitrogen and oxygen atoms in total. The number of amides is 1. The molecule has 1 unspecified atom stereocenters. The molecule has 18 heavy (non-hydrogen) atoms. The maximum Gasteiger partial charge on any atom is 0.221 e. The van der Waals surface area contributed by atoms with Crippen molar-refractivity contribution >= 4 is 5.91 Å². The molecule has 0 aliphatic heterocycles. The Morgan fingerprint density at radius 3 is 2.78 bits per heavy atom. The van der Waals surface area contributed by atoms with Crippen molar-refractivity contribution in [3.63, 3.8) is 0 Å². The number of benzene rings is 1. The van der Waals surface area contributed by atoms with E-state index in [4.69, 9.17) is 10.00 Å². The summed E-state index contributed by atoms with van der Waals surface area (Å²) < 4.78 is 5.15. The Morgan fingerprint density at radius 1 is 1.44 bits per heavy atom. The fourth-order valence-corrected chi connectivity index (χ4v) is 1.55. The molecule has 0 heterocycles. The zero-order chi connectivity index (χ0) is 13.2. The molecular formula is C14H18N2O2. The van der Waals surface area contributed by atoms with Crippen molar-refractivity contribution < 1.29 is 9.53 Å². The van der Waals surface area contributed by atoms with Gasteiger partial charge in [0.05, 0.1) is 6.07 Å². The van der Waals surface area contributed by atoms with Crippen LogP contribution in [-0.2, 0) is 9.53 Å². The number of nitriles is 1. The second-order valence-corrected chi connectivity index (χ2v) is 3.84. The average molecular weight is 246 g/mol. The van der Waals surface area contributed by atoms with E-state index in [-0.39, 0.29) is 5.91 Å². The predicted octanol–water partition coefficient (Wildman–Crippen LogP) is 2.18. The summed E-state index contributed by atoms with van der Waals surface area (Å²) in [6, 6.07) is 10.7. The molecule has 1 aromatic carbocycles. The first-order valence-electron chi connectivity index (χ1n) is 6.09. The highest BCUT2D eigenvalue weighted by molar-refractivity contribution is 5.76. The molecule has 1 atom stereocenters. The molecule has 0 bridgehead atoms. The molecule has 0 saturated carbocycles. The summed E-state index contributed by atoms with van der Waals surface area (Å²) in [5.74, 6) is -0.120. The molecular weight excluding hydrogens is 228 g/mol. The van der Waals surface area contributed by atoms with E-state index in [1.165, 1.54) is 0 Å². The van der Waals surface area contributed by atoms with Gasteiger partial charge < -0.3 is 10.1 Å². The fraction of sp³-hybridized carbons (Fsp3) is 0.429. The van der Waals surface area contributed by atoms with Crippen LogP contribution in [0.25, 0.3) is 0 Å². The van der Waals surface area contributed by atoms with Gasteiger partial charge in [-0.2, -0.15) is 5.26 Å². The lowest BCUT2D eigenvalue weighted by Gasteiger charge is -2.11. The Morgan fingerprint density at radius 2 is 2.17 bits per heavy atom. The number of ether oxygens (including phenoxy) is 1. The molecule has 1 N–H and O–H groups in total. The monoisotopic (exact) mass is 246 g/mol. The molecule has 0 saturated heterocycles. The van der Waals surface area contributed by atoms with Crippen LogP contribution in [0.2, 0.25) is 0 Å². The van der Waals surface area contributed by atoms with E-state index in [0.717, 1.165) is 5.56 Å². The van der Waals surface area contributed by atoms with Crippen LogP contribution in [0.1, 0.15) is 31.4 Å². The highest BCUT2D eigenvalue weighted by Crippen LogP contribution is 2.11. The molecule has 0 spiro atoms. The maximum absolute atomic E-state index is 11.6. The second-order valence-electron chi connectivity index (χ2n) is 3.84. The van der Waals surface area contributed by atoms with Crippen molar-refractivity contribution in [3.05, 3.63) is 35.9 Å². The van der Waals surface area contributed by atoms with E-state index in [9.17, 15) is 4.79 Å². The summed E-state index contributed by atoms with van der Waals surface area (Å²) in [6.45, 7) is 3.15. The number of nitrogens with zero attached hydrogens (tertiary/aromatic N) is 1. The van der Waals surface area contributed by atoms with Crippen LogP contribution >= 0.6 is 0 Å². The first-order chi connectivity index (χ1) is 8.77. The molecule has 0 aliphatic rings. The summed E-state index contributed by atoms with van der Waals surface area (Å²) in [7, 11) is 0. The average Bonchev–Trinajstić information content (AvgIpc) is 2.42. The van der Waals surface area contributed by atoms with Gasteiger partial charge in [-0.3, -0.25) is 4.79 Å². The molecule has 1 aromatic rings. The second kappa shape index (κ2) is 8.26. The Labute approximate surface area is 108 Å². The van der Waals surface area contributed by atoms with Crippen LogP contribution in [0.3, 0.4) is 0 Å². The number of hydrogen-bond acceptors (Lipinski definition) is 3. The standard InChI is InChI=1S/C14H18N2O2/c1-2-18-10-6-9-14(17)16-13(11-15)12-7-4-3-5-8-12/h3-5,7-8,13H,2,6,9-10H2,1H3,(H,16,17). The lowest BCUT2D eigenvalue weighted by Crippen LogP contribution is -2.27. The summed E-state index contributed by atoms with van der Waals surface area (Å²) in [5.41, 5.74) is 0.804. The molecule has 4 heteroatoms. The highest BCUT2D eigenvalue weighted by atomic mass is 16.5. The molecule has 1 amide bonds. The molecule has 0 radical (unpaired) electrons. The van der Waals surface area contributed by atoms with Gasteiger partial charge >= 0.3 is 0 Å². The summed E-state index contributed by atoms with van der Waals surface area (Å²) >= 11 is 0. The predicted molar refractivity (Wildman–Crippen MR) is 68.7 cm³/mol. The highest BCUT2D eigenvalue weighted by Gasteiger charge is 2.12. The normalized spacial score (nSPS) is 11.6. The van der Waals surface area contributed by atoms with E-state index in [1.807, 2.05) is 37.3 Å². The van der Waals surface area contributed by atoms with Crippen molar-refractivity contribution in [2.45, 2.75) is 25.8 Å². The first kappa shape index (κ1) is 14.2. The van der Waals surface area contributed by atoms with Gasteiger partial charge in [0, 0.05) is 19.6 Å². The lowest BCUT2D eigenvalue weighted by molar-refractivity contribution is -0.121. The zero-order valence-corrected chi connectivity index (χ0v) is 10.6. The van der Waals surface area contributed by atoms with Gasteiger partial charge in [-0.15, -0.1) is 0 Å². The zero-order valence-electron chi connectivity index (χ0n) is 10.6. The van der Waals surface area contributed by atoms with Crippen molar-refractivity contribution in [1.29, 1.82) is 5.26 Å². The van der Waals surface area contributed by atoms with E-state index < -0.39 is 6.04 Å². The van der Waals surface area contributed by atoms with Gasteiger partial charge in [0.2, 0.25) is 5.91 Å². The number of nitrogens with one attached hydrogen (secondary N) is 1. The van der Waals surface area contributed by atoms with Crippen molar-refractivity contribution in [3.8, 4) is 6.07 Å². The fourth-order valence-electron chi connectivity index (χ4n) is 1.55. The summed E-state index contributed by atoms with van der Waals surface area (Å²) in [4.78, 5) is 11.6. The lowest BCUT2D eigenvalue weighted by atomic mass is 10.1. The van der Waals surface area contributed by atoms with Crippen molar-refractivity contribution in [2.24, 2.45) is 0 Å². The molecule has 0 aromatic heterocycles. The smallest absolute Gasteiger partial charge is 0.221 e. The minimum Gasteiger partial charge on any atom is -0.382 e. The van der Waals surface area contributed by atoms with Crippen molar-refractivity contribution in [2.75, 3.05) is 13.2 Å². The van der Waals surface area contributed by atoms with Crippen LogP contribution in [0.4, 0.5) is 0 Å². The van der Waals surface area contributed by atoms with Crippen LogP contribution in [0.15, 0.2) is 30.3 Å². The SMILES string of the molecule is CCOCCCC(=O)NC(C#N)c1ccccc1. The van der Waals surface area contributed by atoms with Gasteiger partial charge in [-0.1, -0.05) is 30.3 Å². The van der Waals surface area contributed by atoms with Gasteiger partial charge in [-0.25, -0.2) is 0 Å². The topological polar surface area (TPSA) is 62.1 Å². The van der Waals surface area contributed by atoms with E-state index >= 15 is 0 Å². The van der Waals surface area contributed by atoms with Crippen LogP contribution in [0.5, 0.6) is 0 Å². The summed E-state index contributed by atoms with van der Waals surface area (Å²) in [5, 5.41) is 11.8. The minimum atomic E-state index is -0.578. The maximum atomic E-state index is 11.6. The van der Waals surface area contributed by atoms with Gasteiger partial charge in [0.25, 0.3) is 0 Å². The largest absolute Gasteiger partial charge is 0.382 e. The minimum absolute atomic E-state index is 0.120. The van der Waals surface area contributed by atoms with Crippen LogP contribution < -0.4 is 5.32 Å². The van der Waals surface area contributed by atoms with E-state index in [2.05, 4.69) is 11.4 Å². The number of rotatable bonds is 7. The van der Waals surface area contributed by atoms with Crippen LogP contribution in [-0.4, -0.2) is 19.1 Å². The summed E-state index contributed by atoms with van der Waals surface area (Å²) in [6.07, 6.45) is 1.05. The third-order valence-electron chi connectivity index (χ3n) is 2.46. The Balaban J connectivity index is 2.40. The Kier molecular flexibility index (Phi) is 6.52. The molecule has 0 aliphatic carbocycles. The number of carbonyl (C=O) groups excluding carboxylic acids is 1. The van der Waals surface area contributed by atoms with Gasteiger partial charge in [0.15, 0.2) is 0 Å². The third-order valence-corrected chi connectivity index (χ3v) is 2.46. The van der Waals surface area contributed by atoms with E-state index in [0.29, 0.717) is 26.1 Å². The molecule has 0 fully saturated rings. The molecule has 1 rings (SSSR count). The Hall–Kier alpha value is -1.86. The number of carbonyl (C=O) groups is 1. The van der Waals surface area contributed by atoms with Crippen LogP contribution in [0, 0.1) is 11.3 Å².